The van der Waals surface area contributed by atoms with Crippen molar-refractivity contribution in [1.82, 2.24) is 10.2 Å². The van der Waals surface area contributed by atoms with Gasteiger partial charge in [0.1, 0.15) is 0 Å². The Kier molecular flexibility index (Phi) is 6.37. The van der Waals surface area contributed by atoms with Gasteiger partial charge in [-0.3, -0.25) is 4.79 Å². The first-order valence-electron chi connectivity index (χ1n) is 5.93. The molecule has 1 atom stereocenters. The molecule has 1 heterocycles. The standard InChI is InChI=1S/C11H22N2O3/c1-3-15-7-4-12-10(2)11(14)13-5-8-16-9-6-13/h10,12H,3-9H2,1-2H3. The normalized spacial score (nSPS) is 18.5. The van der Waals surface area contributed by atoms with Gasteiger partial charge >= 0.3 is 0 Å². The van der Waals surface area contributed by atoms with Gasteiger partial charge in [0.15, 0.2) is 0 Å². The maximum absolute atomic E-state index is 11.9. The highest BCUT2D eigenvalue weighted by atomic mass is 16.5. The van der Waals surface area contributed by atoms with Crippen molar-refractivity contribution in [2.24, 2.45) is 0 Å². The molecule has 5 heteroatoms. The van der Waals surface area contributed by atoms with Crippen molar-refractivity contribution in [3.8, 4) is 0 Å². The molecule has 0 aliphatic carbocycles. The van der Waals surface area contributed by atoms with Gasteiger partial charge in [-0.05, 0) is 13.8 Å². The molecule has 1 rings (SSSR count). The minimum Gasteiger partial charge on any atom is -0.380 e. The van der Waals surface area contributed by atoms with Gasteiger partial charge in [0.25, 0.3) is 0 Å². The van der Waals surface area contributed by atoms with Crippen molar-refractivity contribution in [2.75, 3.05) is 46.1 Å². The molecule has 1 N–H and O–H groups in total. The van der Waals surface area contributed by atoms with Crippen LogP contribution in [-0.2, 0) is 14.3 Å². The number of nitrogens with one attached hydrogen (secondary N) is 1. The average molecular weight is 230 g/mol. The van der Waals surface area contributed by atoms with Crippen LogP contribution in [0.1, 0.15) is 13.8 Å². The fourth-order valence-corrected chi connectivity index (χ4v) is 1.64. The summed E-state index contributed by atoms with van der Waals surface area (Å²) in [5, 5.41) is 3.16. The molecule has 0 bridgehead atoms. The topological polar surface area (TPSA) is 50.8 Å². The molecule has 16 heavy (non-hydrogen) atoms. The Morgan fingerprint density at radius 3 is 2.81 bits per heavy atom. The smallest absolute Gasteiger partial charge is 0.239 e. The first-order valence-corrected chi connectivity index (χ1v) is 5.93. The summed E-state index contributed by atoms with van der Waals surface area (Å²) < 4.78 is 10.4. The molecular weight excluding hydrogens is 208 g/mol. The van der Waals surface area contributed by atoms with Gasteiger partial charge in [-0.15, -0.1) is 0 Å². The molecule has 0 spiro atoms. The minimum atomic E-state index is -0.140. The lowest BCUT2D eigenvalue weighted by Gasteiger charge is -2.29. The van der Waals surface area contributed by atoms with Crippen LogP contribution >= 0.6 is 0 Å². The number of ether oxygens (including phenoxy) is 2. The van der Waals surface area contributed by atoms with E-state index in [-0.39, 0.29) is 11.9 Å². The molecule has 0 radical (unpaired) electrons. The van der Waals surface area contributed by atoms with Crippen LogP contribution in [-0.4, -0.2) is 62.9 Å². The Morgan fingerprint density at radius 2 is 2.19 bits per heavy atom. The highest BCUT2D eigenvalue weighted by Gasteiger charge is 2.21. The van der Waals surface area contributed by atoms with Crippen molar-refractivity contribution in [3.05, 3.63) is 0 Å². The van der Waals surface area contributed by atoms with E-state index in [0.29, 0.717) is 46.1 Å². The van der Waals surface area contributed by atoms with Crippen LogP contribution in [0.5, 0.6) is 0 Å². The predicted molar refractivity (Wildman–Crippen MR) is 61.4 cm³/mol. The van der Waals surface area contributed by atoms with Gasteiger partial charge in [-0.1, -0.05) is 0 Å². The molecular formula is C11H22N2O3. The zero-order chi connectivity index (χ0) is 11.8. The second-order valence-electron chi connectivity index (χ2n) is 3.81. The van der Waals surface area contributed by atoms with E-state index in [2.05, 4.69) is 5.32 Å². The van der Waals surface area contributed by atoms with Gasteiger partial charge in [-0.2, -0.15) is 0 Å². The van der Waals surface area contributed by atoms with E-state index in [9.17, 15) is 4.79 Å². The minimum absolute atomic E-state index is 0.140. The van der Waals surface area contributed by atoms with Crippen molar-refractivity contribution < 1.29 is 14.3 Å². The number of amides is 1. The summed E-state index contributed by atoms with van der Waals surface area (Å²) in [6.07, 6.45) is 0. The van der Waals surface area contributed by atoms with Crippen LogP contribution in [0.2, 0.25) is 0 Å². The van der Waals surface area contributed by atoms with E-state index < -0.39 is 0 Å². The summed E-state index contributed by atoms with van der Waals surface area (Å²) in [4.78, 5) is 13.8. The van der Waals surface area contributed by atoms with Crippen LogP contribution in [0, 0.1) is 0 Å². The zero-order valence-electron chi connectivity index (χ0n) is 10.2. The van der Waals surface area contributed by atoms with Gasteiger partial charge in [0.05, 0.1) is 25.9 Å². The summed E-state index contributed by atoms with van der Waals surface area (Å²) in [5.74, 6) is 0.153. The summed E-state index contributed by atoms with van der Waals surface area (Å²) in [7, 11) is 0. The van der Waals surface area contributed by atoms with Gasteiger partial charge < -0.3 is 19.7 Å². The Bertz CT molecular complexity index is 205. The van der Waals surface area contributed by atoms with Crippen molar-refractivity contribution >= 4 is 5.91 Å². The second kappa shape index (κ2) is 7.60. The van der Waals surface area contributed by atoms with Gasteiger partial charge in [0.2, 0.25) is 5.91 Å². The van der Waals surface area contributed by atoms with Crippen molar-refractivity contribution in [1.29, 1.82) is 0 Å². The fourth-order valence-electron chi connectivity index (χ4n) is 1.64. The number of carbonyl (C=O) groups excluding carboxylic acids is 1. The maximum atomic E-state index is 11.9. The lowest BCUT2D eigenvalue weighted by atomic mass is 10.2. The Morgan fingerprint density at radius 1 is 1.50 bits per heavy atom. The van der Waals surface area contributed by atoms with E-state index in [1.165, 1.54) is 0 Å². The molecule has 1 fully saturated rings. The maximum Gasteiger partial charge on any atom is 0.239 e. The summed E-state index contributed by atoms with van der Waals surface area (Å²) >= 11 is 0. The molecule has 1 aliphatic rings. The first kappa shape index (κ1) is 13.4. The Labute approximate surface area is 97.1 Å². The Balaban J connectivity index is 2.18. The molecule has 0 aromatic carbocycles. The van der Waals surface area contributed by atoms with E-state index in [0.717, 1.165) is 0 Å². The Hall–Kier alpha value is -0.650. The van der Waals surface area contributed by atoms with Gasteiger partial charge in [0, 0.05) is 26.2 Å². The summed E-state index contributed by atoms with van der Waals surface area (Å²) in [5.41, 5.74) is 0. The number of morpholine rings is 1. The summed E-state index contributed by atoms with van der Waals surface area (Å²) in [6, 6.07) is -0.140. The molecule has 0 saturated carbocycles. The number of carbonyl (C=O) groups is 1. The van der Waals surface area contributed by atoms with Crippen LogP contribution in [0.15, 0.2) is 0 Å². The van der Waals surface area contributed by atoms with Crippen LogP contribution in [0.3, 0.4) is 0 Å². The molecule has 1 unspecified atom stereocenters. The van der Waals surface area contributed by atoms with E-state index in [1.807, 2.05) is 18.7 Å². The number of rotatable bonds is 6. The van der Waals surface area contributed by atoms with Crippen LogP contribution in [0.4, 0.5) is 0 Å². The van der Waals surface area contributed by atoms with E-state index in [1.54, 1.807) is 0 Å². The monoisotopic (exact) mass is 230 g/mol. The van der Waals surface area contributed by atoms with Crippen molar-refractivity contribution in [3.63, 3.8) is 0 Å². The number of nitrogens with zero attached hydrogens (tertiary/aromatic N) is 1. The molecule has 94 valence electrons. The van der Waals surface area contributed by atoms with Crippen molar-refractivity contribution in [2.45, 2.75) is 19.9 Å². The number of hydrogen-bond donors (Lipinski definition) is 1. The third-order valence-corrected chi connectivity index (χ3v) is 2.59. The third kappa shape index (κ3) is 4.47. The first-order chi connectivity index (χ1) is 7.75. The zero-order valence-corrected chi connectivity index (χ0v) is 10.2. The quantitative estimate of drug-likeness (QED) is 0.645. The largest absolute Gasteiger partial charge is 0.380 e. The lowest BCUT2D eigenvalue weighted by Crippen LogP contribution is -2.49. The predicted octanol–water partition coefficient (Wildman–Crippen LogP) is -0.140. The van der Waals surface area contributed by atoms with E-state index >= 15 is 0 Å². The molecule has 1 aliphatic heterocycles. The lowest BCUT2D eigenvalue weighted by molar-refractivity contribution is -0.137. The highest BCUT2D eigenvalue weighted by Crippen LogP contribution is 2.00. The SMILES string of the molecule is CCOCCNC(C)C(=O)N1CCOCC1. The molecule has 1 amide bonds. The number of hydrogen-bond acceptors (Lipinski definition) is 4. The fraction of sp³-hybridized carbons (Fsp3) is 0.909. The highest BCUT2D eigenvalue weighted by molar-refractivity contribution is 5.81. The summed E-state index contributed by atoms with van der Waals surface area (Å²) in [6.45, 7) is 8.64. The second-order valence-corrected chi connectivity index (χ2v) is 3.81. The average Bonchev–Trinajstić information content (AvgIpc) is 2.34. The molecule has 1 saturated heterocycles. The molecule has 0 aromatic heterocycles. The van der Waals surface area contributed by atoms with Crippen LogP contribution in [0.25, 0.3) is 0 Å². The van der Waals surface area contributed by atoms with Gasteiger partial charge in [-0.25, -0.2) is 0 Å². The van der Waals surface area contributed by atoms with Crippen LogP contribution < -0.4 is 5.32 Å². The molecule has 5 nitrogen and oxygen atoms in total. The molecule has 0 aromatic rings. The van der Waals surface area contributed by atoms with E-state index in [4.69, 9.17) is 9.47 Å². The third-order valence-electron chi connectivity index (χ3n) is 2.59.